The van der Waals surface area contributed by atoms with Crippen molar-refractivity contribution in [2.75, 3.05) is 11.1 Å². The van der Waals surface area contributed by atoms with Crippen LogP contribution in [-0.4, -0.2) is 15.1 Å². The molecular formula is C16H14N4O. The van der Waals surface area contributed by atoms with E-state index < -0.39 is 0 Å². The van der Waals surface area contributed by atoms with Crippen molar-refractivity contribution in [1.82, 2.24) is 9.97 Å². The summed E-state index contributed by atoms with van der Waals surface area (Å²) in [6.07, 6.45) is 1.67. The van der Waals surface area contributed by atoms with E-state index in [9.17, 15) is 5.11 Å². The second-order valence-electron chi connectivity index (χ2n) is 4.57. The zero-order valence-electron chi connectivity index (χ0n) is 11.2. The first-order valence-electron chi connectivity index (χ1n) is 6.46. The van der Waals surface area contributed by atoms with Gasteiger partial charge in [-0.15, -0.1) is 0 Å². The van der Waals surface area contributed by atoms with E-state index in [0.717, 1.165) is 16.9 Å². The largest absolute Gasteiger partial charge is 0.508 e. The highest BCUT2D eigenvalue weighted by Crippen LogP contribution is 2.23. The van der Waals surface area contributed by atoms with Gasteiger partial charge in [0.05, 0.1) is 5.69 Å². The van der Waals surface area contributed by atoms with Crippen LogP contribution in [0.4, 0.5) is 17.3 Å². The topological polar surface area (TPSA) is 84.1 Å². The molecule has 0 unspecified atom stereocenters. The third kappa shape index (κ3) is 3.09. The molecule has 0 atom stereocenters. The van der Waals surface area contributed by atoms with Crippen molar-refractivity contribution in [3.05, 3.63) is 60.8 Å². The fourth-order valence-electron chi connectivity index (χ4n) is 1.99. The fraction of sp³-hybridized carbons (Fsp3) is 0. The molecular weight excluding hydrogens is 264 g/mol. The predicted octanol–water partition coefficient (Wildman–Crippen LogP) is 3.18. The number of nitrogens with two attached hydrogens (primary N) is 1. The van der Waals surface area contributed by atoms with Crippen molar-refractivity contribution in [3.8, 4) is 17.0 Å². The standard InChI is InChI=1S/C16H14N4O/c17-12-4-2-5-13(10-12)19-16-18-8-7-15(20-16)11-3-1-6-14(21)9-11/h1-10,21H,17H2,(H,18,19,20). The molecule has 0 saturated heterocycles. The second kappa shape index (κ2) is 5.50. The number of hydrogen-bond acceptors (Lipinski definition) is 5. The molecule has 21 heavy (non-hydrogen) atoms. The van der Waals surface area contributed by atoms with Gasteiger partial charge in [0.25, 0.3) is 0 Å². The first-order valence-corrected chi connectivity index (χ1v) is 6.46. The molecule has 0 aliphatic heterocycles. The Kier molecular flexibility index (Phi) is 3.39. The Bertz CT molecular complexity index is 773. The summed E-state index contributed by atoms with van der Waals surface area (Å²) in [4.78, 5) is 8.62. The maximum atomic E-state index is 9.54. The summed E-state index contributed by atoms with van der Waals surface area (Å²) >= 11 is 0. The summed E-state index contributed by atoms with van der Waals surface area (Å²) < 4.78 is 0. The minimum absolute atomic E-state index is 0.205. The molecule has 5 nitrogen and oxygen atoms in total. The number of nitrogens with zero attached hydrogens (tertiary/aromatic N) is 2. The number of benzene rings is 2. The molecule has 0 aliphatic rings. The van der Waals surface area contributed by atoms with Gasteiger partial charge >= 0.3 is 0 Å². The number of aromatic hydroxyl groups is 1. The zero-order valence-corrected chi connectivity index (χ0v) is 11.2. The number of rotatable bonds is 3. The van der Waals surface area contributed by atoms with Crippen molar-refractivity contribution in [3.63, 3.8) is 0 Å². The van der Waals surface area contributed by atoms with Gasteiger partial charge in [-0.2, -0.15) is 0 Å². The van der Waals surface area contributed by atoms with E-state index in [4.69, 9.17) is 5.73 Å². The monoisotopic (exact) mass is 278 g/mol. The van der Waals surface area contributed by atoms with Gasteiger partial charge in [-0.3, -0.25) is 0 Å². The van der Waals surface area contributed by atoms with Crippen LogP contribution in [-0.2, 0) is 0 Å². The predicted molar refractivity (Wildman–Crippen MR) is 83.3 cm³/mol. The Morgan fingerprint density at radius 3 is 2.67 bits per heavy atom. The van der Waals surface area contributed by atoms with Gasteiger partial charge in [0, 0.05) is 23.1 Å². The molecule has 3 rings (SSSR count). The summed E-state index contributed by atoms with van der Waals surface area (Å²) in [5.74, 6) is 0.679. The van der Waals surface area contributed by atoms with Crippen LogP contribution in [0.3, 0.4) is 0 Å². The van der Waals surface area contributed by atoms with Crippen LogP contribution in [0.2, 0.25) is 0 Å². The number of nitrogen functional groups attached to an aromatic ring is 1. The maximum Gasteiger partial charge on any atom is 0.227 e. The van der Waals surface area contributed by atoms with Gasteiger partial charge in [-0.05, 0) is 36.4 Å². The smallest absolute Gasteiger partial charge is 0.227 e. The Labute approximate surface area is 122 Å². The van der Waals surface area contributed by atoms with Crippen molar-refractivity contribution in [2.45, 2.75) is 0 Å². The van der Waals surface area contributed by atoms with E-state index >= 15 is 0 Å². The van der Waals surface area contributed by atoms with Crippen LogP contribution >= 0.6 is 0 Å². The van der Waals surface area contributed by atoms with E-state index in [2.05, 4.69) is 15.3 Å². The SMILES string of the molecule is Nc1cccc(Nc2nccc(-c3cccc(O)c3)n2)c1. The first kappa shape index (κ1) is 12.9. The van der Waals surface area contributed by atoms with Crippen molar-refractivity contribution in [1.29, 1.82) is 0 Å². The molecule has 0 saturated carbocycles. The third-order valence-corrected chi connectivity index (χ3v) is 2.94. The molecule has 4 N–H and O–H groups in total. The van der Waals surface area contributed by atoms with Gasteiger partial charge in [-0.25, -0.2) is 9.97 Å². The molecule has 2 aromatic carbocycles. The number of hydrogen-bond donors (Lipinski definition) is 3. The molecule has 1 aromatic heterocycles. The van der Waals surface area contributed by atoms with Crippen LogP contribution in [0.25, 0.3) is 11.3 Å². The van der Waals surface area contributed by atoms with Crippen LogP contribution in [0.1, 0.15) is 0 Å². The quantitative estimate of drug-likeness (QED) is 0.641. The molecule has 104 valence electrons. The van der Waals surface area contributed by atoms with Gasteiger partial charge in [0.15, 0.2) is 0 Å². The number of aromatic nitrogens is 2. The Hall–Kier alpha value is -3.08. The van der Waals surface area contributed by atoms with Crippen molar-refractivity contribution >= 4 is 17.3 Å². The molecule has 0 aliphatic carbocycles. The van der Waals surface area contributed by atoms with E-state index in [1.165, 1.54) is 0 Å². The molecule has 0 spiro atoms. The zero-order chi connectivity index (χ0) is 14.7. The average Bonchev–Trinajstić information content (AvgIpc) is 2.47. The van der Waals surface area contributed by atoms with Crippen LogP contribution < -0.4 is 11.1 Å². The van der Waals surface area contributed by atoms with Gasteiger partial charge in [0.1, 0.15) is 5.75 Å². The third-order valence-electron chi connectivity index (χ3n) is 2.94. The lowest BCUT2D eigenvalue weighted by molar-refractivity contribution is 0.475. The van der Waals surface area contributed by atoms with E-state index in [0.29, 0.717) is 11.6 Å². The van der Waals surface area contributed by atoms with E-state index in [1.54, 1.807) is 30.5 Å². The second-order valence-corrected chi connectivity index (χ2v) is 4.57. The Morgan fingerprint density at radius 2 is 1.86 bits per heavy atom. The lowest BCUT2D eigenvalue weighted by Crippen LogP contribution is -1.98. The van der Waals surface area contributed by atoms with E-state index in [-0.39, 0.29) is 5.75 Å². The first-order chi connectivity index (χ1) is 10.2. The van der Waals surface area contributed by atoms with Gasteiger partial charge < -0.3 is 16.2 Å². The maximum absolute atomic E-state index is 9.54. The van der Waals surface area contributed by atoms with Crippen LogP contribution in [0.15, 0.2) is 60.8 Å². The van der Waals surface area contributed by atoms with Gasteiger partial charge in [0.2, 0.25) is 5.95 Å². The Morgan fingerprint density at radius 1 is 1.00 bits per heavy atom. The molecule has 0 bridgehead atoms. The van der Waals surface area contributed by atoms with E-state index in [1.807, 2.05) is 30.3 Å². The molecule has 0 amide bonds. The highest BCUT2D eigenvalue weighted by atomic mass is 16.3. The highest BCUT2D eigenvalue weighted by Gasteiger charge is 2.03. The minimum atomic E-state index is 0.205. The van der Waals surface area contributed by atoms with Crippen LogP contribution in [0.5, 0.6) is 5.75 Å². The van der Waals surface area contributed by atoms with Crippen molar-refractivity contribution in [2.24, 2.45) is 0 Å². The summed E-state index contributed by atoms with van der Waals surface area (Å²) in [5.41, 5.74) is 8.79. The molecule has 5 heteroatoms. The summed E-state index contributed by atoms with van der Waals surface area (Å²) in [6.45, 7) is 0. The number of phenolic OH excluding ortho intramolecular Hbond substituents is 1. The molecule has 3 aromatic rings. The molecule has 1 heterocycles. The summed E-state index contributed by atoms with van der Waals surface area (Å²) in [6, 6.07) is 16.1. The Balaban J connectivity index is 1.90. The van der Waals surface area contributed by atoms with Crippen molar-refractivity contribution < 1.29 is 5.11 Å². The fourth-order valence-corrected chi connectivity index (χ4v) is 1.99. The lowest BCUT2D eigenvalue weighted by Gasteiger charge is -2.07. The molecule has 0 fully saturated rings. The summed E-state index contributed by atoms with van der Waals surface area (Å²) in [7, 11) is 0. The molecule has 0 radical (unpaired) electrons. The number of phenols is 1. The van der Waals surface area contributed by atoms with Gasteiger partial charge in [-0.1, -0.05) is 18.2 Å². The normalized spacial score (nSPS) is 10.3. The number of nitrogens with one attached hydrogen (secondary N) is 1. The number of anilines is 3. The average molecular weight is 278 g/mol. The minimum Gasteiger partial charge on any atom is -0.508 e. The highest BCUT2D eigenvalue weighted by molar-refractivity contribution is 5.64. The van der Waals surface area contributed by atoms with Crippen LogP contribution in [0, 0.1) is 0 Å². The lowest BCUT2D eigenvalue weighted by atomic mass is 10.1. The summed E-state index contributed by atoms with van der Waals surface area (Å²) in [5, 5.41) is 12.6.